The van der Waals surface area contributed by atoms with Gasteiger partial charge in [-0.15, -0.1) is 0 Å². The Morgan fingerprint density at radius 2 is 1.59 bits per heavy atom. The summed E-state index contributed by atoms with van der Waals surface area (Å²) in [7, 11) is 0. The minimum atomic E-state index is -0.175. The number of rotatable bonds is 6. The highest BCUT2D eigenvalue weighted by Crippen LogP contribution is 2.33. The van der Waals surface area contributed by atoms with Crippen molar-refractivity contribution in [2.45, 2.75) is 46.8 Å². The van der Waals surface area contributed by atoms with Crippen LogP contribution in [0.5, 0.6) is 11.5 Å². The molecule has 4 heteroatoms. The minimum Gasteiger partial charge on any atom is -0.490 e. The number of benzene rings is 2. The number of hydrogen-bond donors (Lipinski definition) is 1. The van der Waals surface area contributed by atoms with Crippen LogP contribution in [0.3, 0.4) is 0 Å². The van der Waals surface area contributed by atoms with E-state index in [4.69, 9.17) is 14.2 Å². The van der Waals surface area contributed by atoms with Crippen molar-refractivity contribution in [2.24, 2.45) is 0 Å². The average molecular weight is 374 g/mol. The molecule has 0 unspecified atom stereocenters. The summed E-state index contributed by atoms with van der Waals surface area (Å²) in [6.07, 6.45) is -0.202. The summed E-state index contributed by atoms with van der Waals surface area (Å²) in [6, 6.07) is 18.0. The molecule has 1 N–H and O–H groups in total. The lowest BCUT2D eigenvalue weighted by Gasteiger charge is -2.32. The van der Waals surface area contributed by atoms with Gasteiger partial charge in [-0.25, -0.2) is 0 Å². The summed E-state index contributed by atoms with van der Waals surface area (Å²) in [5.74, 6) is 1.51. The van der Waals surface area contributed by atoms with E-state index in [-0.39, 0.29) is 12.2 Å². The van der Waals surface area contributed by atoms with Gasteiger partial charge in [-0.3, -0.25) is 0 Å². The maximum absolute atomic E-state index is 6.33. The Bertz CT molecular complexity index is 598. The predicted octanol–water partition coefficient (Wildman–Crippen LogP) is 5.25. The van der Waals surface area contributed by atoms with Crippen LogP contribution >= 0.6 is 0 Å². The lowest BCUT2D eigenvalue weighted by atomic mass is 10.0. The molecule has 1 aliphatic heterocycles. The highest BCUT2D eigenvalue weighted by Gasteiger charge is 2.28. The van der Waals surface area contributed by atoms with Crippen molar-refractivity contribution in [3.63, 3.8) is 0 Å². The van der Waals surface area contributed by atoms with E-state index in [9.17, 15) is 0 Å². The number of morpholine rings is 1. The van der Waals surface area contributed by atoms with Gasteiger partial charge >= 0.3 is 0 Å². The van der Waals surface area contributed by atoms with Crippen molar-refractivity contribution in [3.8, 4) is 11.5 Å². The van der Waals surface area contributed by atoms with Gasteiger partial charge in [0.25, 0.3) is 0 Å². The molecule has 2 aromatic rings. The molecule has 150 valence electrons. The molecule has 27 heavy (non-hydrogen) atoms. The molecule has 0 saturated carbocycles. The quantitative estimate of drug-likeness (QED) is 0.751. The molecule has 0 amide bonds. The first-order valence-electron chi connectivity index (χ1n) is 10.1. The SMILES string of the molecule is CC.CC.CCOc1ccccc1O[C@H](c1ccccc1)[C@H]1CNCCO1. The Balaban J connectivity index is 0.000000855. The zero-order valence-electron chi connectivity index (χ0n) is 17.4. The monoisotopic (exact) mass is 373 g/mol. The van der Waals surface area contributed by atoms with Crippen LogP contribution in [0, 0.1) is 0 Å². The Morgan fingerprint density at radius 1 is 0.963 bits per heavy atom. The first-order chi connectivity index (χ1) is 13.4. The smallest absolute Gasteiger partial charge is 0.162 e. The maximum atomic E-state index is 6.33. The summed E-state index contributed by atoms with van der Waals surface area (Å²) in [6.45, 7) is 12.9. The number of ether oxygens (including phenoxy) is 3. The summed E-state index contributed by atoms with van der Waals surface area (Å²) < 4.78 is 18.0. The summed E-state index contributed by atoms with van der Waals surface area (Å²) >= 11 is 0. The van der Waals surface area contributed by atoms with Crippen molar-refractivity contribution in [1.82, 2.24) is 5.32 Å². The molecule has 4 nitrogen and oxygen atoms in total. The molecule has 3 rings (SSSR count). The van der Waals surface area contributed by atoms with Crippen molar-refractivity contribution < 1.29 is 14.2 Å². The lowest BCUT2D eigenvalue weighted by Crippen LogP contribution is -2.43. The summed E-state index contributed by atoms with van der Waals surface area (Å²) in [5, 5.41) is 3.37. The van der Waals surface area contributed by atoms with Gasteiger partial charge in [-0.1, -0.05) is 70.2 Å². The molecular formula is C23H35NO3. The fourth-order valence-corrected chi connectivity index (χ4v) is 2.74. The Kier molecular flexibility index (Phi) is 12.0. The Labute approximate surface area is 164 Å². The van der Waals surface area contributed by atoms with Gasteiger partial charge < -0.3 is 19.5 Å². The van der Waals surface area contributed by atoms with Crippen LogP contribution in [0.25, 0.3) is 0 Å². The second-order valence-corrected chi connectivity index (χ2v) is 5.44. The molecule has 1 fully saturated rings. The molecule has 0 spiro atoms. The molecular weight excluding hydrogens is 338 g/mol. The zero-order valence-corrected chi connectivity index (χ0v) is 17.4. The van der Waals surface area contributed by atoms with Crippen LogP contribution in [0.4, 0.5) is 0 Å². The molecule has 1 saturated heterocycles. The van der Waals surface area contributed by atoms with Crippen LogP contribution in [-0.4, -0.2) is 32.4 Å². The predicted molar refractivity (Wildman–Crippen MR) is 113 cm³/mol. The van der Waals surface area contributed by atoms with Gasteiger partial charge in [-0.2, -0.15) is 0 Å². The first kappa shape index (κ1) is 23.0. The summed E-state index contributed by atoms with van der Waals surface area (Å²) in [5.41, 5.74) is 1.10. The van der Waals surface area contributed by atoms with E-state index in [1.54, 1.807) is 0 Å². The van der Waals surface area contributed by atoms with Crippen molar-refractivity contribution in [1.29, 1.82) is 0 Å². The standard InChI is InChI=1S/C19H23NO3.2C2H6/c1-2-21-16-10-6-7-11-17(16)23-19(15-8-4-3-5-9-15)18-14-20-12-13-22-18;2*1-2/h3-11,18-20H,2,12-14H2,1H3;2*1-2H3/t18-,19-;;/m1../s1. The zero-order chi connectivity index (χ0) is 19.9. The molecule has 0 aliphatic carbocycles. The normalized spacial score (nSPS) is 16.7. The molecule has 0 aromatic heterocycles. The van der Waals surface area contributed by atoms with Crippen molar-refractivity contribution in [2.75, 3.05) is 26.3 Å². The fourth-order valence-electron chi connectivity index (χ4n) is 2.74. The van der Waals surface area contributed by atoms with Gasteiger partial charge in [0.05, 0.1) is 13.2 Å². The number of hydrogen-bond acceptors (Lipinski definition) is 4. The largest absolute Gasteiger partial charge is 0.490 e. The van der Waals surface area contributed by atoms with Gasteiger partial charge in [0.2, 0.25) is 0 Å². The molecule has 0 radical (unpaired) electrons. The van der Waals surface area contributed by atoms with Gasteiger partial charge in [0.1, 0.15) is 6.10 Å². The highest BCUT2D eigenvalue weighted by atomic mass is 16.6. The molecule has 2 aromatic carbocycles. The number of nitrogens with one attached hydrogen (secondary N) is 1. The highest BCUT2D eigenvalue weighted by molar-refractivity contribution is 5.40. The fraction of sp³-hybridized carbons (Fsp3) is 0.478. The molecule has 1 heterocycles. The molecule has 2 atom stereocenters. The van der Waals surface area contributed by atoms with Crippen LogP contribution in [0.15, 0.2) is 54.6 Å². The average Bonchev–Trinajstić information content (AvgIpc) is 2.77. The third-order valence-corrected chi connectivity index (χ3v) is 3.83. The van der Waals surface area contributed by atoms with E-state index in [0.717, 1.165) is 30.2 Å². The van der Waals surface area contributed by atoms with Gasteiger partial charge in [-0.05, 0) is 24.6 Å². The topological polar surface area (TPSA) is 39.7 Å². The second-order valence-electron chi connectivity index (χ2n) is 5.44. The Morgan fingerprint density at radius 3 is 2.19 bits per heavy atom. The van der Waals surface area contributed by atoms with Crippen LogP contribution < -0.4 is 14.8 Å². The van der Waals surface area contributed by atoms with Crippen molar-refractivity contribution in [3.05, 3.63) is 60.2 Å². The van der Waals surface area contributed by atoms with Crippen LogP contribution in [0.1, 0.15) is 46.3 Å². The summed E-state index contributed by atoms with van der Waals surface area (Å²) in [4.78, 5) is 0. The van der Waals surface area contributed by atoms with E-state index in [1.165, 1.54) is 0 Å². The third-order valence-electron chi connectivity index (χ3n) is 3.83. The molecule has 0 bridgehead atoms. The lowest BCUT2D eigenvalue weighted by molar-refractivity contribution is -0.0439. The van der Waals surface area contributed by atoms with E-state index in [2.05, 4.69) is 17.4 Å². The Hall–Kier alpha value is -2.04. The molecule has 1 aliphatic rings. The van der Waals surface area contributed by atoms with Gasteiger partial charge in [0.15, 0.2) is 17.6 Å². The second kappa shape index (κ2) is 14.1. The van der Waals surface area contributed by atoms with Crippen molar-refractivity contribution >= 4 is 0 Å². The number of para-hydroxylation sites is 2. The van der Waals surface area contributed by atoms with E-state index < -0.39 is 0 Å². The third kappa shape index (κ3) is 7.24. The van der Waals surface area contributed by atoms with Crippen LogP contribution in [0.2, 0.25) is 0 Å². The minimum absolute atomic E-state index is 0.0270. The van der Waals surface area contributed by atoms with Crippen LogP contribution in [-0.2, 0) is 4.74 Å². The first-order valence-corrected chi connectivity index (χ1v) is 10.1. The van der Waals surface area contributed by atoms with E-state index in [1.807, 2.05) is 77.1 Å². The maximum Gasteiger partial charge on any atom is 0.162 e. The van der Waals surface area contributed by atoms with E-state index in [0.29, 0.717) is 13.2 Å². The van der Waals surface area contributed by atoms with Gasteiger partial charge in [0, 0.05) is 13.1 Å². The van der Waals surface area contributed by atoms with E-state index >= 15 is 0 Å².